The van der Waals surface area contributed by atoms with E-state index in [1.807, 2.05) is 18.2 Å². The first-order valence-corrected chi connectivity index (χ1v) is 9.22. The Labute approximate surface area is 151 Å². The third-order valence-corrected chi connectivity index (χ3v) is 4.54. The fraction of sp³-hybridized carbons (Fsp3) is 0.429. The molecule has 1 unspecified atom stereocenters. The van der Waals surface area contributed by atoms with E-state index in [0.717, 1.165) is 44.5 Å². The highest BCUT2D eigenvalue weighted by atomic mass is 16.1. The zero-order valence-electron chi connectivity index (χ0n) is 15.3. The lowest BCUT2D eigenvalue weighted by Crippen LogP contribution is -2.29. The zero-order valence-corrected chi connectivity index (χ0v) is 15.3. The number of amides is 1. The maximum Gasteiger partial charge on any atom is 0.253 e. The lowest BCUT2D eigenvalue weighted by atomic mass is 10.0. The minimum atomic E-state index is -0.0642. The summed E-state index contributed by atoms with van der Waals surface area (Å²) in [7, 11) is 0. The quantitative estimate of drug-likeness (QED) is 0.664. The fourth-order valence-corrected chi connectivity index (χ4v) is 2.97. The van der Waals surface area contributed by atoms with E-state index in [0.29, 0.717) is 5.56 Å². The summed E-state index contributed by atoms with van der Waals surface area (Å²) in [5.74, 6) is -0.0642. The molecule has 2 rings (SSSR count). The largest absolute Gasteiger partial charge is 0.345 e. The number of aromatic nitrogens is 1. The molecule has 0 aliphatic carbocycles. The van der Waals surface area contributed by atoms with Crippen LogP contribution in [0.3, 0.4) is 0 Å². The molecule has 1 amide bonds. The molecular weight excluding hydrogens is 310 g/mol. The molecule has 1 N–H and O–H groups in total. The Morgan fingerprint density at radius 3 is 2.48 bits per heavy atom. The second kappa shape index (κ2) is 10.6. The zero-order chi connectivity index (χ0) is 17.9. The normalized spacial score (nSPS) is 12.1. The predicted molar refractivity (Wildman–Crippen MR) is 103 cm³/mol. The molecule has 4 nitrogen and oxygen atoms in total. The fourth-order valence-electron chi connectivity index (χ4n) is 2.97. The standard InChI is InChI=1S/C21H29N3O/c1-3-24(4-2)16-9-8-14-20(18-11-6-5-7-12-18)23-21(25)19-13-10-15-22-17-19/h5-7,10-13,15,17,20H,3-4,8-9,14,16H2,1-2H3,(H,23,25). The van der Waals surface area contributed by atoms with Gasteiger partial charge >= 0.3 is 0 Å². The molecular formula is C21H29N3O. The second-order valence-electron chi connectivity index (χ2n) is 6.20. The van der Waals surface area contributed by atoms with Crippen molar-refractivity contribution in [2.75, 3.05) is 19.6 Å². The molecule has 0 spiro atoms. The SMILES string of the molecule is CCN(CC)CCCCC(NC(=O)c1cccnc1)c1ccccc1. The van der Waals surface area contributed by atoms with Crippen molar-refractivity contribution >= 4 is 5.91 Å². The number of carbonyl (C=O) groups excluding carboxylic acids is 1. The van der Waals surface area contributed by atoms with Crippen LogP contribution >= 0.6 is 0 Å². The number of nitrogens with zero attached hydrogens (tertiary/aromatic N) is 2. The molecule has 0 fully saturated rings. The Balaban J connectivity index is 1.95. The maximum absolute atomic E-state index is 12.5. The number of rotatable bonds is 10. The number of hydrogen-bond donors (Lipinski definition) is 1. The van der Waals surface area contributed by atoms with Crippen molar-refractivity contribution in [3.8, 4) is 0 Å². The van der Waals surface area contributed by atoms with Gasteiger partial charge in [-0.2, -0.15) is 0 Å². The van der Waals surface area contributed by atoms with Gasteiger partial charge < -0.3 is 10.2 Å². The van der Waals surface area contributed by atoms with E-state index < -0.39 is 0 Å². The van der Waals surface area contributed by atoms with Gasteiger partial charge in [0.1, 0.15) is 0 Å². The van der Waals surface area contributed by atoms with Crippen molar-refractivity contribution in [2.45, 2.75) is 39.2 Å². The van der Waals surface area contributed by atoms with Crippen LogP contribution in [0.5, 0.6) is 0 Å². The van der Waals surface area contributed by atoms with E-state index in [-0.39, 0.29) is 11.9 Å². The highest BCUT2D eigenvalue weighted by Crippen LogP contribution is 2.20. The van der Waals surface area contributed by atoms with Crippen molar-refractivity contribution in [1.82, 2.24) is 15.2 Å². The summed E-state index contributed by atoms with van der Waals surface area (Å²) in [6.45, 7) is 7.70. The Kier molecular flexibility index (Phi) is 8.13. The molecule has 0 aliphatic rings. The average molecular weight is 339 g/mol. The van der Waals surface area contributed by atoms with Crippen molar-refractivity contribution in [1.29, 1.82) is 0 Å². The van der Waals surface area contributed by atoms with E-state index in [1.54, 1.807) is 24.5 Å². The first-order valence-electron chi connectivity index (χ1n) is 9.22. The summed E-state index contributed by atoms with van der Waals surface area (Å²) in [5, 5.41) is 3.17. The molecule has 1 atom stereocenters. The highest BCUT2D eigenvalue weighted by Gasteiger charge is 2.15. The molecule has 1 aromatic carbocycles. The molecule has 0 radical (unpaired) electrons. The van der Waals surface area contributed by atoms with Crippen LogP contribution in [0.1, 0.15) is 55.1 Å². The van der Waals surface area contributed by atoms with Crippen molar-refractivity contribution in [3.63, 3.8) is 0 Å². The Hall–Kier alpha value is -2.20. The number of unbranched alkanes of at least 4 members (excludes halogenated alkanes) is 1. The van der Waals surface area contributed by atoms with E-state index >= 15 is 0 Å². The molecule has 0 bridgehead atoms. The monoisotopic (exact) mass is 339 g/mol. The molecule has 0 aliphatic heterocycles. The van der Waals surface area contributed by atoms with Crippen LogP contribution in [0, 0.1) is 0 Å². The van der Waals surface area contributed by atoms with Crippen LogP contribution in [0.15, 0.2) is 54.9 Å². The predicted octanol–water partition coefficient (Wildman–Crippen LogP) is 4.06. The lowest BCUT2D eigenvalue weighted by Gasteiger charge is -2.21. The molecule has 2 aromatic rings. The molecule has 1 heterocycles. The average Bonchev–Trinajstić information content (AvgIpc) is 2.68. The van der Waals surface area contributed by atoms with Gasteiger partial charge in [-0.15, -0.1) is 0 Å². The van der Waals surface area contributed by atoms with Crippen LogP contribution < -0.4 is 5.32 Å². The summed E-state index contributed by atoms with van der Waals surface area (Å²) >= 11 is 0. The summed E-state index contributed by atoms with van der Waals surface area (Å²) in [4.78, 5) is 19.0. The Bertz CT molecular complexity index is 612. The van der Waals surface area contributed by atoms with Crippen molar-refractivity contribution in [2.24, 2.45) is 0 Å². The number of hydrogen-bond acceptors (Lipinski definition) is 3. The van der Waals surface area contributed by atoms with Gasteiger partial charge in [0, 0.05) is 12.4 Å². The van der Waals surface area contributed by atoms with E-state index in [1.165, 1.54) is 0 Å². The van der Waals surface area contributed by atoms with Gasteiger partial charge in [-0.1, -0.05) is 44.2 Å². The topological polar surface area (TPSA) is 45.2 Å². The van der Waals surface area contributed by atoms with E-state index in [2.05, 4.69) is 41.2 Å². The maximum atomic E-state index is 12.5. The summed E-state index contributed by atoms with van der Waals surface area (Å²) in [6.07, 6.45) is 6.46. The minimum Gasteiger partial charge on any atom is -0.345 e. The van der Waals surface area contributed by atoms with Gasteiger partial charge in [-0.25, -0.2) is 0 Å². The molecule has 0 saturated heterocycles. The summed E-state index contributed by atoms with van der Waals surface area (Å²) < 4.78 is 0. The molecule has 134 valence electrons. The number of carbonyl (C=O) groups is 1. The van der Waals surface area contributed by atoms with Gasteiger partial charge in [0.2, 0.25) is 0 Å². The smallest absolute Gasteiger partial charge is 0.253 e. The third kappa shape index (κ3) is 6.31. The van der Waals surface area contributed by atoms with Crippen LogP contribution in [-0.2, 0) is 0 Å². The Morgan fingerprint density at radius 2 is 1.84 bits per heavy atom. The molecule has 0 saturated carbocycles. The highest BCUT2D eigenvalue weighted by molar-refractivity contribution is 5.94. The summed E-state index contributed by atoms with van der Waals surface area (Å²) in [6, 6.07) is 13.8. The van der Waals surface area contributed by atoms with Crippen molar-refractivity contribution < 1.29 is 4.79 Å². The first-order chi connectivity index (χ1) is 12.2. The van der Waals surface area contributed by atoms with Crippen LogP contribution in [-0.4, -0.2) is 35.4 Å². The number of nitrogens with one attached hydrogen (secondary N) is 1. The molecule has 25 heavy (non-hydrogen) atoms. The molecule has 4 heteroatoms. The molecule has 1 aromatic heterocycles. The van der Waals surface area contributed by atoms with Gasteiger partial charge in [0.25, 0.3) is 5.91 Å². The van der Waals surface area contributed by atoms with Gasteiger partial charge in [-0.05, 0) is 56.6 Å². The van der Waals surface area contributed by atoms with Crippen LogP contribution in [0.2, 0.25) is 0 Å². The number of pyridine rings is 1. The first kappa shape index (κ1) is 19.1. The van der Waals surface area contributed by atoms with Crippen LogP contribution in [0.25, 0.3) is 0 Å². The Morgan fingerprint density at radius 1 is 1.08 bits per heavy atom. The third-order valence-electron chi connectivity index (χ3n) is 4.54. The van der Waals surface area contributed by atoms with Gasteiger partial charge in [0.05, 0.1) is 11.6 Å². The number of benzene rings is 1. The van der Waals surface area contributed by atoms with Crippen molar-refractivity contribution in [3.05, 3.63) is 66.0 Å². The second-order valence-corrected chi connectivity index (χ2v) is 6.20. The lowest BCUT2D eigenvalue weighted by molar-refractivity contribution is 0.0933. The van der Waals surface area contributed by atoms with Gasteiger partial charge in [-0.3, -0.25) is 9.78 Å². The van der Waals surface area contributed by atoms with Gasteiger partial charge in [0.15, 0.2) is 0 Å². The van der Waals surface area contributed by atoms with Crippen LogP contribution in [0.4, 0.5) is 0 Å². The van der Waals surface area contributed by atoms with E-state index in [4.69, 9.17) is 0 Å². The minimum absolute atomic E-state index is 0.0330. The van der Waals surface area contributed by atoms with E-state index in [9.17, 15) is 4.79 Å². The summed E-state index contributed by atoms with van der Waals surface area (Å²) in [5.41, 5.74) is 1.76.